The van der Waals surface area contributed by atoms with Gasteiger partial charge in [0.15, 0.2) is 11.5 Å². The standard InChI is InChI=1S/C23H23FN4O3/c1-15-25-19-13-17(6-7-21(19)31-15)28-14-16(12-22(28)29)23(30)27-10-8-26(9-11-27)20-5-3-2-4-18(20)24/h2-7,13,16H,8-12,14H2,1H3/t16-/m1/s1. The molecule has 160 valence electrons. The van der Waals surface area contributed by atoms with Gasteiger partial charge in [-0.3, -0.25) is 9.59 Å². The molecule has 0 aliphatic carbocycles. The maximum atomic E-state index is 14.0. The van der Waals surface area contributed by atoms with E-state index in [9.17, 15) is 14.0 Å². The summed E-state index contributed by atoms with van der Waals surface area (Å²) >= 11 is 0. The zero-order valence-corrected chi connectivity index (χ0v) is 17.3. The molecule has 3 heterocycles. The number of piperazine rings is 1. The number of aryl methyl sites for hydroxylation is 1. The summed E-state index contributed by atoms with van der Waals surface area (Å²) in [5.41, 5.74) is 2.66. The first-order valence-corrected chi connectivity index (χ1v) is 10.5. The third-order valence-electron chi connectivity index (χ3n) is 6.05. The Labute approximate surface area is 179 Å². The van der Waals surface area contributed by atoms with Crippen LogP contribution in [0.2, 0.25) is 0 Å². The number of carbonyl (C=O) groups is 2. The predicted octanol–water partition coefficient (Wildman–Crippen LogP) is 2.98. The van der Waals surface area contributed by atoms with Crippen molar-refractivity contribution in [2.45, 2.75) is 13.3 Å². The molecule has 2 aliphatic rings. The van der Waals surface area contributed by atoms with Gasteiger partial charge in [0.1, 0.15) is 11.3 Å². The highest BCUT2D eigenvalue weighted by Gasteiger charge is 2.38. The van der Waals surface area contributed by atoms with Crippen molar-refractivity contribution in [2.75, 3.05) is 42.5 Å². The molecule has 1 aromatic heterocycles. The number of carbonyl (C=O) groups excluding carboxylic acids is 2. The molecule has 8 heteroatoms. The number of benzene rings is 2. The van der Waals surface area contributed by atoms with Crippen LogP contribution in [0.25, 0.3) is 11.1 Å². The Balaban J connectivity index is 1.24. The van der Waals surface area contributed by atoms with Crippen molar-refractivity contribution in [1.82, 2.24) is 9.88 Å². The number of hydrogen-bond donors (Lipinski definition) is 0. The van der Waals surface area contributed by atoms with Gasteiger partial charge in [-0.05, 0) is 30.3 Å². The van der Waals surface area contributed by atoms with Gasteiger partial charge in [-0.2, -0.15) is 0 Å². The molecular weight excluding hydrogens is 399 g/mol. The highest BCUT2D eigenvalue weighted by Crippen LogP contribution is 2.30. The molecule has 0 spiro atoms. The van der Waals surface area contributed by atoms with E-state index in [-0.39, 0.29) is 30.0 Å². The Kier molecular flexibility index (Phi) is 4.84. The van der Waals surface area contributed by atoms with E-state index in [2.05, 4.69) is 4.98 Å². The Morgan fingerprint density at radius 2 is 1.90 bits per heavy atom. The smallest absolute Gasteiger partial charge is 0.228 e. The number of hydrogen-bond acceptors (Lipinski definition) is 5. The molecule has 0 bridgehead atoms. The second kappa shape index (κ2) is 7.68. The average molecular weight is 422 g/mol. The number of anilines is 2. The number of oxazole rings is 1. The predicted molar refractivity (Wildman–Crippen MR) is 114 cm³/mol. The van der Waals surface area contributed by atoms with Crippen molar-refractivity contribution in [1.29, 1.82) is 0 Å². The highest BCUT2D eigenvalue weighted by atomic mass is 19.1. The molecule has 0 saturated carbocycles. The topological polar surface area (TPSA) is 69.9 Å². The van der Waals surface area contributed by atoms with Crippen LogP contribution in [0.4, 0.5) is 15.8 Å². The quantitative estimate of drug-likeness (QED) is 0.649. The van der Waals surface area contributed by atoms with E-state index in [4.69, 9.17) is 4.42 Å². The van der Waals surface area contributed by atoms with Gasteiger partial charge < -0.3 is 19.1 Å². The fraction of sp³-hybridized carbons (Fsp3) is 0.348. The van der Waals surface area contributed by atoms with Crippen LogP contribution >= 0.6 is 0 Å². The minimum Gasteiger partial charge on any atom is -0.441 e. The zero-order chi connectivity index (χ0) is 21.5. The molecule has 3 aromatic rings. The third-order valence-corrected chi connectivity index (χ3v) is 6.05. The van der Waals surface area contributed by atoms with Crippen LogP contribution in [-0.4, -0.2) is 54.4 Å². The van der Waals surface area contributed by atoms with Crippen molar-refractivity contribution >= 4 is 34.3 Å². The average Bonchev–Trinajstić information content (AvgIpc) is 3.34. The van der Waals surface area contributed by atoms with Crippen LogP contribution in [0.3, 0.4) is 0 Å². The van der Waals surface area contributed by atoms with Gasteiger partial charge >= 0.3 is 0 Å². The van der Waals surface area contributed by atoms with Crippen molar-refractivity contribution < 1.29 is 18.4 Å². The van der Waals surface area contributed by atoms with Crippen molar-refractivity contribution in [3.63, 3.8) is 0 Å². The van der Waals surface area contributed by atoms with Gasteiger partial charge in [0.25, 0.3) is 0 Å². The molecule has 1 atom stereocenters. The summed E-state index contributed by atoms with van der Waals surface area (Å²) in [6.45, 7) is 4.30. The van der Waals surface area contributed by atoms with Crippen LogP contribution in [0.15, 0.2) is 46.9 Å². The summed E-state index contributed by atoms with van der Waals surface area (Å²) in [5.74, 6) is -0.131. The van der Waals surface area contributed by atoms with Crippen LogP contribution in [0.5, 0.6) is 0 Å². The summed E-state index contributed by atoms with van der Waals surface area (Å²) in [4.78, 5) is 35.5. The molecule has 0 radical (unpaired) electrons. The van der Waals surface area contributed by atoms with E-state index in [0.717, 1.165) is 5.69 Å². The lowest BCUT2D eigenvalue weighted by Gasteiger charge is -2.37. The van der Waals surface area contributed by atoms with Gasteiger partial charge in [0.05, 0.1) is 11.6 Å². The Hall–Kier alpha value is -3.42. The van der Waals surface area contributed by atoms with Gasteiger partial charge in [-0.25, -0.2) is 9.37 Å². The minimum atomic E-state index is -0.373. The van der Waals surface area contributed by atoms with Crippen LogP contribution in [0.1, 0.15) is 12.3 Å². The second-order valence-electron chi connectivity index (χ2n) is 8.05. The maximum absolute atomic E-state index is 14.0. The van der Waals surface area contributed by atoms with Gasteiger partial charge in [0, 0.05) is 51.8 Å². The maximum Gasteiger partial charge on any atom is 0.228 e. The SMILES string of the molecule is Cc1nc2cc(N3C[C@H](C(=O)N4CCN(c5ccccc5F)CC4)CC3=O)ccc2o1. The fourth-order valence-electron chi connectivity index (χ4n) is 4.46. The van der Waals surface area contributed by atoms with E-state index >= 15 is 0 Å². The van der Waals surface area contributed by atoms with Crippen LogP contribution in [-0.2, 0) is 9.59 Å². The summed E-state index contributed by atoms with van der Waals surface area (Å²) < 4.78 is 19.5. The normalized spacial score (nSPS) is 19.5. The lowest BCUT2D eigenvalue weighted by atomic mass is 10.1. The molecule has 0 unspecified atom stereocenters. The zero-order valence-electron chi connectivity index (χ0n) is 17.3. The summed E-state index contributed by atoms with van der Waals surface area (Å²) in [6, 6.07) is 12.1. The van der Waals surface area contributed by atoms with E-state index in [1.165, 1.54) is 6.07 Å². The molecule has 2 aromatic carbocycles. The summed E-state index contributed by atoms with van der Waals surface area (Å²) in [7, 11) is 0. The first-order valence-electron chi connectivity index (χ1n) is 10.5. The summed E-state index contributed by atoms with van der Waals surface area (Å²) in [5, 5.41) is 0. The first kappa shape index (κ1) is 19.5. The summed E-state index contributed by atoms with van der Waals surface area (Å²) in [6.07, 6.45) is 0.197. The monoisotopic (exact) mass is 422 g/mol. The van der Waals surface area contributed by atoms with Crippen LogP contribution in [0, 0.1) is 18.7 Å². The number of para-hydroxylation sites is 1. The Morgan fingerprint density at radius 3 is 2.68 bits per heavy atom. The molecule has 7 nitrogen and oxygen atoms in total. The lowest BCUT2D eigenvalue weighted by Crippen LogP contribution is -2.51. The third kappa shape index (κ3) is 3.62. The van der Waals surface area contributed by atoms with Crippen molar-refractivity contribution in [3.05, 3.63) is 54.2 Å². The number of rotatable bonds is 3. The number of amides is 2. The Bertz CT molecular complexity index is 1150. The molecule has 31 heavy (non-hydrogen) atoms. The molecule has 2 saturated heterocycles. The van der Waals surface area contributed by atoms with Crippen molar-refractivity contribution in [3.8, 4) is 0 Å². The van der Waals surface area contributed by atoms with E-state index in [1.54, 1.807) is 34.9 Å². The molecular formula is C23H23FN4O3. The first-order chi connectivity index (χ1) is 15.0. The molecule has 2 aliphatic heterocycles. The number of nitrogens with zero attached hydrogens (tertiary/aromatic N) is 4. The van der Waals surface area contributed by atoms with Crippen molar-refractivity contribution in [2.24, 2.45) is 5.92 Å². The van der Waals surface area contributed by atoms with Gasteiger partial charge in [0.2, 0.25) is 11.8 Å². The fourth-order valence-corrected chi connectivity index (χ4v) is 4.46. The number of halogens is 1. The lowest BCUT2D eigenvalue weighted by molar-refractivity contribution is -0.136. The van der Waals surface area contributed by atoms with Crippen LogP contribution < -0.4 is 9.80 Å². The Morgan fingerprint density at radius 1 is 1.13 bits per heavy atom. The minimum absolute atomic E-state index is 0.0117. The largest absolute Gasteiger partial charge is 0.441 e. The number of aromatic nitrogens is 1. The molecule has 0 N–H and O–H groups in total. The van der Waals surface area contributed by atoms with E-state index in [0.29, 0.717) is 55.4 Å². The molecule has 2 amide bonds. The molecule has 5 rings (SSSR count). The van der Waals surface area contributed by atoms with Gasteiger partial charge in [-0.15, -0.1) is 0 Å². The van der Waals surface area contributed by atoms with E-state index in [1.807, 2.05) is 23.1 Å². The second-order valence-corrected chi connectivity index (χ2v) is 8.05. The van der Waals surface area contributed by atoms with Gasteiger partial charge in [-0.1, -0.05) is 12.1 Å². The number of fused-ring (bicyclic) bond motifs is 1. The molecule has 2 fully saturated rings. The van der Waals surface area contributed by atoms with E-state index < -0.39 is 0 Å². The highest BCUT2D eigenvalue weighted by molar-refractivity contribution is 6.01.